The van der Waals surface area contributed by atoms with Gasteiger partial charge in [-0.05, 0) is 18.2 Å². The average Bonchev–Trinajstić information content (AvgIpc) is 2.47. The highest BCUT2D eigenvalue weighted by atomic mass is 32.2. The molecule has 1 aliphatic rings. The number of carbonyl (C=O) groups excluding carboxylic acids is 1. The Morgan fingerprint density at radius 1 is 1.32 bits per heavy atom. The van der Waals surface area contributed by atoms with E-state index in [0.717, 1.165) is 12.1 Å². The number of halogens is 2. The van der Waals surface area contributed by atoms with Crippen molar-refractivity contribution in [3.05, 3.63) is 18.2 Å². The SMILES string of the molecule is CC(=O)Nc1cc(S(=O)(=O)C(F)F)ccc1N1CCOCC1. The Morgan fingerprint density at radius 2 is 1.95 bits per heavy atom. The van der Waals surface area contributed by atoms with Crippen molar-refractivity contribution in [1.82, 2.24) is 0 Å². The quantitative estimate of drug-likeness (QED) is 0.903. The van der Waals surface area contributed by atoms with Crippen LogP contribution in [0.5, 0.6) is 0 Å². The summed E-state index contributed by atoms with van der Waals surface area (Å²) in [7, 11) is -4.71. The van der Waals surface area contributed by atoms with E-state index in [1.54, 1.807) is 0 Å². The lowest BCUT2D eigenvalue weighted by molar-refractivity contribution is -0.114. The number of nitrogens with one attached hydrogen (secondary N) is 1. The zero-order valence-electron chi connectivity index (χ0n) is 11.9. The summed E-state index contributed by atoms with van der Waals surface area (Å²) in [4.78, 5) is 12.7. The number of morpholine rings is 1. The fraction of sp³-hybridized carbons (Fsp3) is 0.462. The van der Waals surface area contributed by atoms with E-state index in [1.165, 1.54) is 13.0 Å². The Kier molecular flexibility index (Phi) is 4.97. The molecule has 6 nitrogen and oxygen atoms in total. The van der Waals surface area contributed by atoms with Crippen molar-refractivity contribution in [3.63, 3.8) is 0 Å². The second-order valence-corrected chi connectivity index (χ2v) is 6.68. The van der Waals surface area contributed by atoms with E-state index in [1.807, 2.05) is 4.90 Å². The normalized spacial score (nSPS) is 15.9. The second-order valence-electron chi connectivity index (χ2n) is 4.77. The first kappa shape index (κ1) is 16.6. The van der Waals surface area contributed by atoms with E-state index in [0.29, 0.717) is 32.0 Å². The molecule has 1 aromatic carbocycles. The summed E-state index contributed by atoms with van der Waals surface area (Å²) < 4.78 is 53.6. The average molecular weight is 334 g/mol. The van der Waals surface area contributed by atoms with Crippen molar-refractivity contribution < 1.29 is 26.7 Å². The van der Waals surface area contributed by atoms with Gasteiger partial charge in [-0.2, -0.15) is 8.78 Å². The predicted molar refractivity (Wildman–Crippen MR) is 77.0 cm³/mol. The Bertz CT molecular complexity index is 658. The van der Waals surface area contributed by atoms with Gasteiger partial charge in [0.05, 0.1) is 29.5 Å². The smallest absolute Gasteiger partial charge is 0.341 e. The molecule has 2 rings (SSSR count). The lowest BCUT2D eigenvalue weighted by Gasteiger charge is -2.30. The number of anilines is 2. The van der Waals surface area contributed by atoms with Gasteiger partial charge in [0.15, 0.2) is 0 Å². The van der Waals surface area contributed by atoms with Crippen molar-refractivity contribution in [3.8, 4) is 0 Å². The number of hydrogen-bond acceptors (Lipinski definition) is 5. The predicted octanol–water partition coefficient (Wildman–Crippen LogP) is 1.48. The molecule has 9 heteroatoms. The van der Waals surface area contributed by atoms with Gasteiger partial charge in [-0.3, -0.25) is 4.79 Å². The molecule has 1 heterocycles. The molecule has 0 spiro atoms. The number of nitrogens with zero attached hydrogens (tertiary/aromatic N) is 1. The fourth-order valence-corrected chi connectivity index (χ4v) is 2.91. The standard InChI is InChI=1S/C13H16F2N2O4S/c1-9(18)16-11-8-10(22(19,20)13(14)15)2-3-12(11)17-4-6-21-7-5-17/h2-3,8,13H,4-7H2,1H3,(H,16,18). The molecule has 1 N–H and O–H groups in total. The lowest BCUT2D eigenvalue weighted by atomic mass is 10.2. The van der Waals surface area contributed by atoms with E-state index >= 15 is 0 Å². The number of ether oxygens (including phenoxy) is 1. The lowest BCUT2D eigenvalue weighted by Crippen LogP contribution is -2.36. The molecule has 0 saturated carbocycles. The van der Waals surface area contributed by atoms with Gasteiger partial charge in [-0.1, -0.05) is 0 Å². The highest BCUT2D eigenvalue weighted by Gasteiger charge is 2.28. The molecule has 0 aromatic heterocycles. The number of hydrogen-bond donors (Lipinski definition) is 1. The zero-order valence-corrected chi connectivity index (χ0v) is 12.7. The topological polar surface area (TPSA) is 75.7 Å². The summed E-state index contributed by atoms with van der Waals surface area (Å²) in [6, 6.07) is 3.61. The molecule has 1 aliphatic heterocycles. The largest absolute Gasteiger partial charge is 0.378 e. The molecule has 122 valence electrons. The maximum Gasteiger partial charge on any atom is 0.341 e. The number of carbonyl (C=O) groups is 1. The van der Waals surface area contributed by atoms with Crippen molar-refractivity contribution in [2.45, 2.75) is 17.6 Å². The summed E-state index contributed by atoms with van der Waals surface area (Å²) in [5.74, 6) is -3.92. The van der Waals surface area contributed by atoms with Crippen molar-refractivity contribution in [2.24, 2.45) is 0 Å². The molecule has 0 bridgehead atoms. The van der Waals surface area contributed by atoms with Crippen LogP contribution in [-0.4, -0.2) is 46.4 Å². The second kappa shape index (κ2) is 6.57. The van der Waals surface area contributed by atoms with Crippen LogP contribution in [0.1, 0.15) is 6.92 Å². The van der Waals surface area contributed by atoms with Crippen molar-refractivity contribution in [2.75, 3.05) is 36.5 Å². The molecule has 0 aliphatic carbocycles. The van der Waals surface area contributed by atoms with Gasteiger partial charge in [-0.15, -0.1) is 0 Å². The number of rotatable bonds is 4. The minimum Gasteiger partial charge on any atom is -0.378 e. The Morgan fingerprint density at radius 3 is 2.50 bits per heavy atom. The van der Waals surface area contributed by atoms with E-state index in [2.05, 4.69) is 5.32 Å². The van der Waals surface area contributed by atoms with Crippen LogP contribution in [0.15, 0.2) is 23.1 Å². The van der Waals surface area contributed by atoms with Crippen LogP contribution >= 0.6 is 0 Å². The minimum absolute atomic E-state index is 0.191. The molecule has 1 aromatic rings. The van der Waals surface area contributed by atoms with E-state index in [-0.39, 0.29) is 5.69 Å². The van der Waals surface area contributed by atoms with Gasteiger partial charge in [0.25, 0.3) is 0 Å². The number of benzene rings is 1. The van der Waals surface area contributed by atoms with Crippen LogP contribution in [0.4, 0.5) is 20.2 Å². The van der Waals surface area contributed by atoms with Gasteiger partial charge < -0.3 is 15.0 Å². The monoisotopic (exact) mass is 334 g/mol. The third-order valence-electron chi connectivity index (χ3n) is 3.19. The van der Waals surface area contributed by atoms with Crippen LogP contribution in [0.3, 0.4) is 0 Å². The first-order chi connectivity index (χ1) is 10.3. The summed E-state index contributed by atoms with van der Waals surface area (Å²) >= 11 is 0. The van der Waals surface area contributed by atoms with E-state index < -0.39 is 26.4 Å². The van der Waals surface area contributed by atoms with Gasteiger partial charge in [0.1, 0.15) is 0 Å². The Balaban J connectivity index is 2.44. The molecule has 0 radical (unpaired) electrons. The van der Waals surface area contributed by atoms with Gasteiger partial charge in [0.2, 0.25) is 15.7 Å². The summed E-state index contributed by atoms with van der Waals surface area (Å²) in [5.41, 5.74) is 0.767. The summed E-state index contributed by atoms with van der Waals surface area (Å²) in [6.45, 7) is 3.38. The van der Waals surface area contributed by atoms with Crippen molar-refractivity contribution in [1.29, 1.82) is 0 Å². The van der Waals surface area contributed by atoms with E-state index in [9.17, 15) is 22.0 Å². The maximum absolute atomic E-state index is 12.6. The minimum atomic E-state index is -4.71. The number of amides is 1. The first-order valence-corrected chi connectivity index (χ1v) is 8.13. The highest BCUT2D eigenvalue weighted by molar-refractivity contribution is 7.91. The molecule has 1 saturated heterocycles. The van der Waals surface area contributed by atoms with Crippen LogP contribution in [0.2, 0.25) is 0 Å². The molecule has 1 amide bonds. The summed E-state index contributed by atoms with van der Waals surface area (Å²) in [6.07, 6.45) is 0. The number of sulfone groups is 1. The highest BCUT2D eigenvalue weighted by Crippen LogP contribution is 2.31. The maximum atomic E-state index is 12.6. The van der Waals surface area contributed by atoms with Crippen LogP contribution < -0.4 is 10.2 Å². The molecular formula is C13H16F2N2O4S. The fourth-order valence-electron chi connectivity index (χ4n) is 2.16. The van der Waals surface area contributed by atoms with Crippen molar-refractivity contribution >= 4 is 27.1 Å². The van der Waals surface area contributed by atoms with Crippen LogP contribution in [0, 0.1) is 0 Å². The zero-order chi connectivity index (χ0) is 16.3. The third-order valence-corrected chi connectivity index (χ3v) is 4.57. The molecule has 0 unspecified atom stereocenters. The molecular weight excluding hydrogens is 318 g/mol. The Labute approximate surface area is 127 Å². The first-order valence-electron chi connectivity index (χ1n) is 6.59. The van der Waals surface area contributed by atoms with E-state index in [4.69, 9.17) is 4.74 Å². The molecule has 1 fully saturated rings. The van der Waals surface area contributed by atoms with Gasteiger partial charge >= 0.3 is 5.76 Å². The van der Waals surface area contributed by atoms with Crippen LogP contribution in [0.25, 0.3) is 0 Å². The van der Waals surface area contributed by atoms with Gasteiger partial charge in [-0.25, -0.2) is 8.42 Å². The molecule has 22 heavy (non-hydrogen) atoms. The van der Waals surface area contributed by atoms with Crippen LogP contribution in [-0.2, 0) is 19.4 Å². The number of alkyl halides is 2. The Hall–Kier alpha value is -1.74. The summed E-state index contributed by atoms with van der Waals surface area (Å²) in [5, 5.41) is 2.49. The van der Waals surface area contributed by atoms with Gasteiger partial charge in [0, 0.05) is 20.0 Å². The molecule has 0 atom stereocenters. The third kappa shape index (κ3) is 3.53.